The Morgan fingerprint density at radius 1 is 0.667 bits per heavy atom. The molecule has 22 nitrogen and oxygen atoms in total. The van der Waals surface area contributed by atoms with Crippen LogP contribution in [-0.2, 0) is 70.3 Å². The summed E-state index contributed by atoms with van der Waals surface area (Å²) in [5.74, 6) is -2.40. The van der Waals surface area contributed by atoms with E-state index in [4.69, 9.17) is 14.2 Å². The van der Waals surface area contributed by atoms with Gasteiger partial charge in [-0.2, -0.15) is 29.8 Å². The highest BCUT2D eigenvalue weighted by Gasteiger charge is 2.48. The number of unbranched alkanes of at least 4 members (excludes halogenated alkanes) is 2. The zero-order valence-corrected chi connectivity index (χ0v) is 54.5. The van der Waals surface area contributed by atoms with Crippen molar-refractivity contribution in [1.29, 1.82) is 0 Å². The Morgan fingerprint density at radius 2 is 1.29 bits per heavy atom. The number of carbonyl (C=O) groups is 3. The summed E-state index contributed by atoms with van der Waals surface area (Å²) in [6.07, 6.45) is 10.3. The van der Waals surface area contributed by atoms with E-state index < -0.39 is 87.5 Å². The number of hydrogen-bond donors (Lipinski definition) is 5. The number of esters is 1. The van der Waals surface area contributed by atoms with Crippen molar-refractivity contribution in [2.75, 3.05) is 76.6 Å². The summed E-state index contributed by atoms with van der Waals surface area (Å²) in [5, 5.41) is 8.29. The predicted octanol–water partition coefficient (Wildman–Crippen LogP) is 6.62. The first-order chi connectivity index (χ1) is 42.6. The van der Waals surface area contributed by atoms with Crippen molar-refractivity contribution in [1.82, 2.24) is 10.6 Å². The molecule has 0 aromatic heterocycles. The van der Waals surface area contributed by atoms with E-state index in [1.807, 2.05) is 70.1 Å². The molecular weight excluding hydrogens is 1260 g/mol. The first-order valence-corrected chi connectivity index (χ1v) is 36.4. The molecule has 2 atom stereocenters. The molecule has 0 radical (unpaired) electrons. The van der Waals surface area contributed by atoms with Gasteiger partial charge in [-0.25, -0.2) is 13.2 Å². The first kappa shape index (κ1) is 70.6. The second-order valence-electron chi connectivity index (χ2n) is 22.0. The number of anilines is 1. The Morgan fingerprint density at radius 3 is 1.90 bits per heavy atom. The molecule has 0 bridgehead atoms. The van der Waals surface area contributed by atoms with Gasteiger partial charge in [0.05, 0.1) is 59.2 Å². The van der Waals surface area contributed by atoms with Crippen molar-refractivity contribution in [2.45, 2.75) is 85.8 Å². The van der Waals surface area contributed by atoms with Gasteiger partial charge in [-0.3, -0.25) is 23.2 Å². The van der Waals surface area contributed by atoms with Gasteiger partial charge in [0.1, 0.15) is 16.7 Å². The van der Waals surface area contributed by atoms with Crippen molar-refractivity contribution >= 4 is 99.2 Å². The maximum atomic E-state index is 13.6. The monoisotopic (exact) mass is 1330 g/mol. The van der Waals surface area contributed by atoms with E-state index in [9.17, 15) is 66.3 Å². The molecule has 2 aliphatic heterocycles. The number of benzene rings is 5. The molecule has 5 N–H and O–H groups in total. The van der Waals surface area contributed by atoms with Crippen molar-refractivity contribution in [2.24, 2.45) is 0 Å². The molecule has 484 valence electrons. The molecular formula is C63H75N4O18PS4. The summed E-state index contributed by atoms with van der Waals surface area (Å²) >= 11 is 0. The van der Waals surface area contributed by atoms with Crippen LogP contribution >= 0.6 is 7.92 Å². The fraction of sp³-hybridized carbons (Fsp3) is 0.365. The Bertz CT molecular complexity index is 3980. The van der Waals surface area contributed by atoms with Gasteiger partial charge >= 0.3 is 5.97 Å². The largest absolute Gasteiger partial charge is 0.744 e. The van der Waals surface area contributed by atoms with Crippen LogP contribution in [0.2, 0.25) is 0 Å². The zero-order valence-electron chi connectivity index (χ0n) is 50.3. The second-order valence-corrected chi connectivity index (χ2v) is 30.1. The molecule has 27 heteroatoms. The highest BCUT2D eigenvalue weighted by Crippen LogP contribution is 2.51. The molecule has 2 aliphatic rings. The summed E-state index contributed by atoms with van der Waals surface area (Å²) in [6.45, 7) is 5.15. The lowest BCUT2D eigenvalue weighted by molar-refractivity contribution is -0.438. The van der Waals surface area contributed by atoms with Crippen LogP contribution in [0.25, 0.3) is 0 Å². The van der Waals surface area contributed by atoms with Crippen LogP contribution in [-0.4, -0.2) is 152 Å². The third kappa shape index (κ3) is 18.5. The number of fused-ring (bicyclic) bond motifs is 2. The van der Waals surface area contributed by atoms with E-state index in [2.05, 4.69) is 10.6 Å². The van der Waals surface area contributed by atoms with Gasteiger partial charge in [-0.15, -0.1) is 0 Å². The number of carbonyl (C=O) groups excluding carboxylic acids is 3. The van der Waals surface area contributed by atoms with Crippen molar-refractivity contribution in [3.05, 3.63) is 174 Å². The highest BCUT2D eigenvalue weighted by molar-refractivity contribution is 7.86. The topological polar surface area (TPSA) is 330 Å². The number of methoxy groups -OCH3 is 2. The van der Waals surface area contributed by atoms with Crippen LogP contribution in [0.5, 0.6) is 0 Å². The minimum atomic E-state index is -4.96. The molecule has 2 amide bonds. The Labute approximate surface area is 527 Å². The van der Waals surface area contributed by atoms with Gasteiger partial charge in [0.25, 0.3) is 36.3 Å². The van der Waals surface area contributed by atoms with E-state index in [0.717, 1.165) is 10.6 Å². The average Bonchev–Trinajstić information content (AvgIpc) is 1.58. The first-order valence-electron chi connectivity index (χ1n) is 28.9. The van der Waals surface area contributed by atoms with Crippen LogP contribution in [0.1, 0.15) is 97.1 Å². The number of ether oxygens (including phenoxy) is 3. The summed E-state index contributed by atoms with van der Waals surface area (Å²) in [6, 6.07) is 32.4. The van der Waals surface area contributed by atoms with Gasteiger partial charge in [0, 0.05) is 85.0 Å². The van der Waals surface area contributed by atoms with E-state index in [1.54, 1.807) is 62.4 Å². The minimum absolute atomic E-state index is 0.0352. The lowest BCUT2D eigenvalue weighted by Crippen LogP contribution is -2.35. The zero-order chi connectivity index (χ0) is 65.5. The Hall–Kier alpha value is -6.81. The van der Waals surface area contributed by atoms with Gasteiger partial charge in [-0.05, 0) is 131 Å². The van der Waals surface area contributed by atoms with Gasteiger partial charge in [-0.1, -0.05) is 78.9 Å². The van der Waals surface area contributed by atoms with Crippen LogP contribution in [0, 0.1) is 0 Å². The molecule has 5 aromatic carbocycles. The molecule has 0 spiro atoms. The summed E-state index contributed by atoms with van der Waals surface area (Å²) in [4.78, 5) is 40.8. The van der Waals surface area contributed by atoms with Crippen LogP contribution in [0.3, 0.4) is 0 Å². The summed E-state index contributed by atoms with van der Waals surface area (Å²) < 4.78 is 158. The normalized spacial score (nSPS) is 17.4. The van der Waals surface area contributed by atoms with Crippen LogP contribution < -0.4 is 31.4 Å². The van der Waals surface area contributed by atoms with Crippen LogP contribution in [0.4, 0.5) is 11.4 Å². The number of amides is 2. The molecule has 0 saturated heterocycles. The number of nitrogens with zero attached hydrogens (tertiary/aromatic N) is 2. The SMILES string of the molecule is COCCOCCN1C(=CC=CC=CC2=[N+](CCCCCC(=O)NCCNC(=O)c3ccc(C(=O)OC)c(P(c4ccccc4)c4ccccc4)c3)c3ccc(S(=O)(=O)[O-])cc3C2(C)CCCS(=O)(=O)O)C(C)(CCCS(=O)(=O)O)c2cc(S(=O)(=O)O)ccc21. The van der Waals surface area contributed by atoms with Crippen molar-refractivity contribution in [3.8, 4) is 0 Å². The van der Waals surface area contributed by atoms with Crippen LogP contribution in [0.15, 0.2) is 161 Å². The summed E-state index contributed by atoms with van der Waals surface area (Å²) in [5.41, 5.74) is 1.61. The van der Waals surface area contributed by atoms with E-state index >= 15 is 0 Å². The second kappa shape index (κ2) is 31.0. The smallest absolute Gasteiger partial charge is 0.338 e. The summed E-state index contributed by atoms with van der Waals surface area (Å²) in [7, 11) is -16.9. The molecule has 90 heavy (non-hydrogen) atoms. The third-order valence-electron chi connectivity index (χ3n) is 15.7. The van der Waals surface area contributed by atoms with Crippen molar-refractivity contribution in [3.63, 3.8) is 0 Å². The van der Waals surface area contributed by atoms with Gasteiger partial charge in [0.15, 0.2) is 5.71 Å². The van der Waals surface area contributed by atoms with Gasteiger partial charge < -0.3 is 34.3 Å². The fourth-order valence-corrected chi connectivity index (χ4v) is 15.9. The Balaban J connectivity index is 1.09. The van der Waals surface area contributed by atoms with Crippen molar-refractivity contribution < 1.29 is 85.1 Å². The minimum Gasteiger partial charge on any atom is -0.744 e. The molecule has 5 aromatic rings. The standard InChI is InChI=1S/C63H75N4O18PS4/c1-62(32-17-41-87(71,72)73)52-44-49(89(77,78)79)27-30-54(52)66(57(62)23-13-7-14-24-58-63(2,33-18-42-88(74,75)76)53-45-50(90(80,81)82)28-31-55(53)67(58)37-38-85-40-39-83-3)36-16-8-15-25-59(68)64-34-35-65-60(69)46-26-29-51(61(70)84-4)56(43-46)86(47-19-9-5-10-20-47)48-21-11-6-12-22-48/h5-7,9-14,19-24,26-31,43-45H,8,15-18,25,32-42H2,1-4H3,(H5-,64,65,68,69,71,72,73,74,75,76,77,78,79,80,81,82). The molecule has 0 fully saturated rings. The quantitative estimate of drug-likeness (QED) is 0.00736. The lowest BCUT2D eigenvalue weighted by Gasteiger charge is -2.30. The molecule has 7 rings (SSSR count). The van der Waals surface area contributed by atoms with Gasteiger partial charge in [0.2, 0.25) is 11.6 Å². The van der Waals surface area contributed by atoms with E-state index in [1.165, 1.54) is 50.6 Å². The molecule has 0 saturated carbocycles. The molecule has 0 aliphatic carbocycles. The number of rotatable bonds is 33. The maximum Gasteiger partial charge on any atom is 0.338 e. The third-order valence-corrected chi connectivity index (χ3v) is 21.5. The fourth-order valence-electron chi connectivity index (χ4n) is 11.4. The van der Waals surface area contributed by atoms with E-state index in [-0.39, 0.29) is 75.8 Å². The number of allylic oxidation sites excluding steroid dienone is 6. The van der Waals surface area contributed by atoms with E-state index in [0.29, 0.717) is 82.8 Å². The molecule has 2 heterocycles. The predicted molar refractivity (Wildman–Crippen MR) is 343 cm³/mol. The lowest BCUT2D eigenvalue weighted by atomic mass is 9.76. The Kier molecular flexibility index (Phi) is 24.3. The number of nitrogens with one attached hydrogen (secondary N) is 2. The average molecular weight is 1340 g/mol. The number of hydrogen-bond acceptors (Lipinski definition) is 16. The highest BCUT2D eigenvalue weighted by atomic mass is 32.2. The maximum absolute atomic E-state index is 13.6. The molecule has 2 unspecified atom stereocenters.